The van der Waals surface area contributed by atoms with E-state index in [9.17, 15) is 14.4 Å². The topological polar surface area (TPSA) is 105 Å². The minimum absolute atomic E-state index is 0.0367. The molecular weight excluding hydrogens is 282 g/mol. The van der Waals surface area contributed by atoms with Crippen molar-refractivity contribution in [3.05, 3.63) is 51.2 Å². The van der Waals surface area contributed by atoms with E-state index < -0.39 is 11.2 Å². The van der Waals surface area contributed by atoms with E-state index in [4.69, 9.17) is 4.74 Å². The van der Waals surface area contributed by atoms with Crippen LogP contribution in [0.25, 0.3) is 0 Å². The molecule has 8 heteroatoms. The number of Topliss-reactive ketones (excluding diaryl/α,β-unsaturated/α-hetero) is 1. The van der Waals surface area contributed by atoms with Gasteiger partial charge in [0.15, 0.2) is 10.8 Å². The molecular formula is C12H11N3O4S. The van der Waals surface area contributed by atoms with Gasteiger partial charge >= 0.3 is 5.69 Å². The van der Waals surface area contributed by atoms with Gasteiger partial charge in [-0.1, -0.05) is 30.0 Å². The van der Waals surface area contributed by atoms with Gasteiger partial charge in [-0.3, -0.25) is 14.6 Å². The number of nitrogens with one attached hydrogen (secondary N) is 2. The number of rotatable bonds is 6. The molecule has 0 aliphatic heterocycles. The third-order valence-corrected chi connectivity index (χ3v) is 3.21. The molecule has 0 aliphatic rings. The molecule has 0 radical (unpaired) electrons. The van der Waals surface area contributed by atoms with E-state index in [1.807, 2.05) is 11.1 Å². The van der Waals surface area contributed by atoms with E-state index in [1.165, 1.54) is 0 Å². The Morgan fingerprint density at radius 2 is 2.00 bits per heavy atom. The number of para-hydroxylation sites is 1. The normalized spacial score (nSPS) is 10.2. The molecule has 0 amide bonds. The molecule has 1 heterocycles. The summed E-state index contributed by atoms with van der Waals surface area (Å²) in [6.45, 7) is -0.0850. The van der Waals surface area contributed by atoms with Crippen molar-refractivity contribution >= 4 is 17.5 Å². The molecule has 20 heavy (non-hydrogen) atoms. The van der Waals surface area contributed by atoms with Crippen molar-refractivity contribution in [1.82, 2.24) is 15.2 Å². The highest BCUT2D eigenvalue weighted by Crippen LogP contribution is 2.10. The Hall–Kier alpha value is -2.35. The van der Waals surface area contributed by atoms with Crippen LogP contribution < -0.4 is 16.0 Å². The zero-order valence-electron chi connectivity index (χ0n) is 10.3. The van der Waals surface area contributed by atoms with Crippen molar-refractivity contribution in [1.29, 1.82) is 0 Å². The Morgan fingerprint density at radius 1 is 1.25 bits per heavy atom. The van der Waals surface area contributed by atoms with Gasteiger partial charge in [0.2, 0.25) is 0 Å². The second-order valence-electron chi connectivity index (χ2n) is 3.74. The summed E-state index contributed by atoms with van der Waals surface area (Å²) in [5, 5.41) is 5.69. The maximum Gasteiger partial charge on any atom is 0.342 e. The first-order valence-electron chi connectivity index (χ1n) is 5.66. The Bertz CT molecular complexity index is 696. The van der Waals surface area contributed by atoms with Gasteiger partial charge < -0.3 is 4.74 Å². The fourth-order valence-electron chi connectivity index (χ4n) is 1.31. The molecule has 0 unspecified atom stereocenters. The third-order valence-electron chi connectivity index (χ3n) is 2.19. The number of thioether (sulfide) groups is 1. The summed E-state index contributed by atoms with van der Waals surface area (Å²) in [6.07, 6.45) is 0. The van der Waals surface area contributed by atoms with Crippen LogP contribution in [0.1, 0.15) is 0 Å². The number of nitrogens with zero attached hydrogens (tertiary/aromatic N) is 1. The third kappa shape index (κ3) is 4.09. The van der Waals surface area contributed by atoms with E-state index in [2.05, 4.69) is 10.2 Å². The lowest BCUT2D eigenvalue weighted by Crippen LogP contribution is -2.25. The summed E-state index contributed by atoms with van der Waals surface area (Å²) in [5.41, 5.74) is -1.30. The van der Waals surface area contributed by atoms with Crippen molar-refractivity contribution in [2.24, 2.45) is 0 Å². The summed E-state index contributed by atoms with van der Waals surface area (Å²) in [5.74, 6) is 0.451. The zero-order valence-corrected chi connectivity index (χ0v) is 11.1. The predicted molar refractivity (Wildman–Crippen MR) is 73.1 cm³/mol. The Balaban J connectivity index is 1.83. The predicted octanol–water partition coefficient (Wildman–Crippen LogP) is 0.198. The average Bonchev–Trinajstić information content (AvgIpc) is 2.45. The van der Waals surface area contributed by atoms with E-state index in [0.29, 0.717) is 5.75 Å². The number of ketones is 1. The average molecular weight is 293 g/mol. The maximum absolute atomic E-state index is 11.6. The number of aromatic amines is 2. The van der Waals surface area contributed by atoms with Crippen molar-refractivity contribution in [3.8, 4) is 5.75 Å². The molecule has 0 spiro atoms. The molecule has 0 atom stereocenters. The molecule has 0 saturated heterocycles. The Morgan fingerprint density at radius 3 is 2.70 bits per heavy atom. The van der Waals surface area contributed by atoms with Gasteiger partial charge in [0.25, 0.3) is 5.56 Å². The first kappa shape index (κ1) is 14.1. The van der Waals surface area contributed by atoms with Crippen LogP contribution in [0.2, 0.25) is 0 Å². The molecule has 2 N–H and O–H groups in total. The first-order chi connectivity index (χ1) is 9.65. The number of hydrogen-bond donors (Lipinski definition) is 2. The lowest BCUT2D eigenvalue weighted by atomic mass is 10.3. The Labute approximate surface area is 117 Å². The number of carbonyl (C=O) groups excluding carboxylic acids is 1. The van der Waals surface area contributed by atoms with Gasteiger partial charge in [0.05, 0.1) is 5.75 Å². The summed E-state index contributed by atoms with van der Waals surface area (Å²) in [4.78, 5) is 35.7. The molecule has 0 aliphatic carbocycles. The van der Waals surface area contributed by atoms with Crippen molar-refractivity contribution in [2.45, 2.75) is 5.03 Å². The van der Waals surface area contributed by atoms with Crippen LogP contribution in [0.15, 0.2) is 44.9 Å². The van der Waals surface area contributed by atoms with Crippen molar-refractivity contribution in [2.75, 3.05) is 12.4 Å². The van der Waals surface area contributed by atoms with Crippen LogP contribution in [-0.4, -0.2) is 33.3 Å². The number of carbonyl (C=O) groups is 1. The second-order valence-corrected chi connectivity index (χ2v) is 4.71. The highest BCUT2D eigenvalue weighted by atomic mass is 32.2. The van der Waals surface area contributed by atoms with Gasteiger partial charge in [0, 0.05) is 0 Å². The maximum atomic E-state index is 11.6. The highest BCUT2D eigenvalue weighted by Gasteiger charge is 2.08. The summed E-state index contributed by atoms with van der Waals surface area (Å²) in [7, 11) is 0. The lowest BCUT2D eigenvalue weighted by molar-refractivity contribution is -0.118. The summed E-state index contributed by atoms with van der Waals surface area (Å²) in [6, 6.07) is 8.94. The first-order valence-corrected chi connectivity index (χ1v) is 6.65. The summed E-state index contributed by atoms with van der Waals surface area (Å²) < 4.78 is 5.28. The number of benzene rings is 1. The van der Waals surface area contributed by atoms with Gasteiger partial charge in [-0.25, -0.2) is 9.89 Å². The fraction of sp³-hybridized carbons (Fsp3) is 0.167. The smallest absolute Gasteiger partial charge is 0.342 e. The number of aromatic nitrogens is 3. The minimum Gasteiger partial charge on any atom is -0.486 e. The van der Waals surface area contributed by atoms with E-state index >= 15 is 0 Å². The lowest BCUT2D eigenvalue weighted by Gasteiger charge is -2.04. The molecule has 2 aromatic rings. The second kappa shape index (κ2) is 6.71. The molecule has 7 nitrogen and oxygen atoms in total. The fourth-order valence-corrected chi connectivity index (χ4v) is 1.98. The van der Waals surface area contributed by atoms with Gasteiger partial charge in [-0.15, -0.1) is 0 Å². The summed E-state index contributed by atoms with van der Waals surface area (Å²) >= 11 is 0.944. The van der Waals surface area contributed by atoms with Crippen LogP contribution in [0, 0.1) is 0 Å². The van der Waals surface area contributed by atoms with Crippen molar-refractivity contribution < 1.29 is 9.53 Å². The standard InChI is InChI=1S/C12H11N3O4S/c16-8(6-19-9-4-2-1-3-5-9)7-20-11-10(17)13-12(18)15-14-11/h1-5H,6-7H2,(H2,13,15,17,18). The van der Waals surface area contributed by atoms with Crippen LogP contribution in [0.4, 0.5) is 0 Å². The molecule has 1 aromatic heterocycles. The van der Waals surface area contributed by atoms with Crippen LogP contribution in [0.3, 0.4) is 0 Å². The van der Waals surface area contributed by atoms with Crippen molar-refractivity contribution in [3.63, 3.8) is 0 Å². The molecule has 2 rings (SSSR count). The molecule has 1 aromatic carbocycles. The molecule has 0 saturated carbocycles. The molecule has 0 bridgehead atoms. The largest absolute Gasteiger partial charge is 0.486 e. The SMILES string of the molecule is O=C(COc1ccccc1)CSc1n[nH]c(=O)[nH]c1=O. The van der Waals surface area contributed by atoms with E-state index in [0.717, 1.165) is 11.8 Å². The zero-order chi connectivity index (χ0) is 14.4. The van der Waals surface area contributed by atoms with Crippen LogP contribution >= 0.6 is 11.8 Å². The number of ether oxygens (including phenoxy) is 1. The monoisotopic (exact) mass is 293 g/mol. The minimum atomic E-state index is -0.682. The van der Waals surface area contributed by atoms with Crippen LogP contribution in [-0.2, 0) is 4.79 Å². The van der Waals surface area contributed by atoms with E-state index in [-0.39, 0.29) is 23.2 Å². The van der Waals surface area contributed by atoms with Gasteiger partial charge in [-0.05, 0) is 12.1 Å². The quantitative estimate of drug-likeness (QED) is 0.737. The number of hydrogen-bond acceptors (Lipinski definition) is 6. The molecule has 104 valence electrons. The Kier molecular flexibility index (Phi) is 4.72. The highest BCUT2D eigenvalue weighted by molar-refractivity contribution is 7.99. The van der Waals surface area contributed by atoms with Gasteiger partial charge in [0.1, 0.15) is 12.4 Å². The van der Waals surface area contributed by atoms with Gasteiger partial charge in [-0.2, -0.15) is 5.10 Å². The molecule has 0 fully saturated rings. The van der Waals surface area contributed by atoms with Crippen LogP contribution in [0.5, 0.6) is 5.75 Å². The van der Waals surface area contributed by atoms with E-state index in [1.54, 1.807) is 24.3 Å². The number of H-pyrrole nitrogens is 2.